The van der Waals surface area contributed by atoms with Crippen LogP contribution in [0, 0.1) is 0 Å². The third-order valence-electron chi connectivity index (χ3n) is 2.11. The molecule has 1 atom stereocenters. The predicted molar refractivity (Wildman–Crippen MR) is 55.3 cm³/mol. The Balaban J connectivity index is 3.02. The van der Waals surface area contributed by atoms with E-state index in [2.05, 4.69) is 19.2 Å². The summed E-state index contributed by atoms with van der Waals surface area (Å²) in [7, 11) is 0. The van der Waals surface area contributed by atoms with Gasteiger partial charge in [0, 0.05) is 6.04 Å². The summed E-state index contributed by atoms with van der Waals surface area (Å²) in [4.78, 5) is 0. The van der Waals surface area contributed by atoms with Crippen LogP contribution in [0.4, 0.5) is 0 Å². The first-order valence-corrected chi connectivity index (χ1v) is 5.24. The first-order valence-electron chi connectivity index (χ1n) is 5.24. The molecule has 0 amide bonds. The second-order valence-electron chi connectivity index (χ2n) is 3.49. The molecule has 0 aromatic heterocycles. The van der Waals surface area contributed by atoms with Crippen LogP contribution in [0.15, 0.2) is 0 Å². The van der Waals surface area contributed by atoms with Gasteiger partial charge in [0.15, 0.2) is 0 Å². The van der Waals surface area contributed by atoms with Crippen molar-refractivity contribution in [3.63, 3.8) is 0 Å². The molecule has 12 heavy (non-hydrogen) atoms. The van der Waals surface area contributed by atoms with E-state index in [4.69, 9.17) is 5.73 Å². The standard InChI is InChI=1S/C10H24N2/c1-3-4-7-10(2)12-9-6-5-8-11/h10,12H,3-9,11H2,1-2H3. The van der Waals surface area contributed by atoms with Crippen LogP contribution in [0.1, 0.15) is 46.0 Å². The van der Waals surface area contributed by atoms with Crippen molar-refractivity contribution in [1.29, 1.82) is 0 Å². The smallest absolute Gasteiger partial charge is 0.00387 e. The molecule has 0 aliphatic heterocycles. The quantitative estimate of drug-likeness (QED) is 0.549. The van der Waals surface area contributed by atoms with Gasteiger partial charge in [-0.2, -0.15) is 0 Å². The molecule has 0 heterocycles. The Morgan fingerprint density at radius 2 is 2.00 bits per heavy atom. The SMILES string of the molecule is CCCCC(C)NCCCCN. The summed E-state index contributed by atoms with van der Waals surface area (Å²) >= 11 is 0. The Morgan fingerprint density at radius 3 is 2.58 bits per heavy atom. The summed E-state index contributed by atoms with van der Waals surface area (Å²) in [6.07, 6.45) is 6.31. The molecule has 74 valence electrons. The molecule has 0 bridgehead atoms. The van der Waals surface area contributed by atoms with Crippen LogP contribution in [0.25, 0.3) is 0 Å². The largest absolute Gasteiger partial charge is 0.330 e. The molecule has 3 N–H and O–H groups in total. The van der Waals surface area contributed by atoms with E-state index in [1.807, 2.05) is 0 Å². The van der Waals surface area contributed by atoms with E-state index < -0.39 is 0 Å². The predicted octanol–water partition coefficient (Wildman–Crippen LogP) is 1.89. The molecule has 0 spiro atoms. The summed E-state index contributed by atoms with van der Waals surface area (Å²) < 4.78 is 0. The van der Waals surface area contributed by atoms with Gasteiger partial charge in [0.2, 0.25) is 0 Å². The van der Waals surface area contributed by atoms with E-state index >= 15 is 0 Å². The molecule has 0 aromatic rings. The highest BCUT2D eigenvalue weighted by Crippen LogP contribution is 1.99. The fraction of sp³-hybridized carbons (Fsp3) is 1.00. The van der Waals surface area contributed by atoms with Crippen LogP contribution >= 0.6 is 0 Å². The molecule has 0 rings (SSSR count). The van der Waals surface area contributed by atoms with Crippen molar-refractivity contribution in [1.82, 2.24) is 5.32 Å². The number of unbranched alkanes of at least 4 members (excludes halogenated alkanes) is 2. The van der Waals surface area contributed by atoms with Gasteiger partial charge in [-0.1, -0.05) is 19.8 Å². The molecular formula is C10H24N2. The van der Waals surface area contributed by atoms with Crippen LogP contribution in [0.5, 0.6) is 0 Å². The van der Waals surface area contributed by atoms with Crippen molar-refractivity contribution in [2.45, 2.75) is 52.0 Å². The summed E-state index contributed by atoms with van der Waals surface area (Å²) in [6, 6.07) is 0.683. The third kappa shape index (κ3) is 8.02. The zero-order valence-corrected chi connectivity index (χ0v) is 8.60. The Labute approximate surface area is 76.9 Å². The summed E-state index contributed by atoms with van der Waals surface area (Å²) in [6.45, 7) is 6.45. The highest BCUT2D eigenvalue weighted by molar-refractivity contribution is 4.59. The van der Waals surface area contributed by atoms with E-state index in [0.717, 1.165) is 19.5 Å². The summed E-state index contributed by atoms with van der Waals surface area (Å²) in [5, 5.41) is 3.50. The van der Waals surface area contributed by atoms with Gasteiger partial charge in [-0.25, -0.2) is 0 Å². The molecular weight excluding hydrogens is 148 g/mol. The summed E-state index contributed by atoms with van der Waals surface area (Å²) in [5.74, 6) is 0. The Kier molecular flexibility index (Phi) is 8.95. The van der Waals surface area contributed by atoms with Crippen LogP contribution in [0.3, 0.4) is 0 Å². The molecule has 0 aliphatic carbocycles. The highest BCUT2D eigenvalue weighted by atomic mass is 14.9. The van der Waals surface area contributed by atoms with Gasteiger partial charge in [0.25, 0.3) is 0 Å². The fourth-order valence-electron chi connectivity index (χ4n) is 1.23. The first kappa shape index (κ1) is 11.9. The van der Waals surface area contributed by atoms with Crippen molar-refractivity contribution < 1.29 is 0 Å². The van der Waals surface area contributed by atoms with Crippen molar-refractivity contribution in [2.75, 3.05) is 13.1 Å². The zero-order chi connectivity index (χ0) is 9.23. The lowest BCUT2D eigenvalue weighted by molar-refractivity contribution is 0.485. The minimum Gasteiger partial charge on any atom is -0.330 e. The number of rotatable bonds is 8. The van der Waals surface area contributed by atoms with Gasteiger partial charge in [-0.3, -0.25) is 0 Å². The Morgan fingerprint density at radius 1 is 1.25 bits per heavy atom. The average molecular weight is 172 g/mol. The van der Waals surface area contributed by atoms with Crippen LogP contribution in [-0.2, 0) is 0 Å². The van der Waals surface area contributed by atoms with Gasteiger partial charge in [-0.15, -0.1) is 0 Å². The topological polar surface area (TPSA) is 38.0 Å². The second kappa shape index (κ2) is 9.01. The normalized spacial score (nSPS) is 13.2. The fourth-order valence-corrected chi connectivity index (χ4v) is 1.23. The van der Waals surface area contributed by atoms with Crippen molar-refractivity contribution in [3.8, 4) is 0 Å². The van der Waals surface area contributed by atoms with E-state index in [0.29, 0.717) is 6.04 Å². The van der Waals surface area contributed by atoms with Crippen LogP contribution < -0.4 is 11.1 Å². The van der Waals surface area contributed by atoms with Gasteiger partial charge in [-0.05, 0) is 39.3 Å². The number of hydrogen-bond acceptors (Lipinski definition) is 2. The molecule has 0 saturated heterocycles. The molecule has 0 aromatic carbocycles. The van der Waals surface area contributed by atoms with E-state index in [1.54, 1.807) is 0 Å². The minimum atomic E-state index is 0.683. The molecule has 2 nitrogen and oxygen atoms in total. The summed E-state index contributed by atoms with van der Waals surface area (Å²) in [5.41, 5.74) is 5.40. The molecule has 0 aliphatic rings. The maximum atomic E-state index is 5.40. The van der Waals surface area contributed by atoms with Gasteiger partial charge < -0.3 is 11.1 Å². The molecule has 0 radical (unpaired) electrons. The third-order valence-corrected chi connectivity index (χ3v) is 2.11. The first-order chi connectivity index (χ1) is 5.81. The number of hydrogen-bond donors (Lipinski definition) is 2. The Bertz CT molecular complexity index is 83.9. The molecule has 1 unspecified atom stereocenters. The number of nitrogens with two attached hydrogens (primary N) is 1. The Hall–Kier alpha value is -0.0800. The van der Waals surface area contributed by atoms with E-state index in [1.165, 1.54) is 25.7 Å². The van der Waals surface area contributed by atoms with Crippen molar-refractivity contribution in [2.24, 2.45) is 5.73 Å². The highest BCUT2D eigenvalue weighted by Gasteiger charge is 1.98. The van der Waals surface area contributed by atoms with Gasteiger partial charge >= 0.3 is 0 Å². The van der Waals surface area contributed by atoms with E-state index in [-0.39, 0.29) is 0 Å². The molecule has 0 fully saturated rings. The molecule has 0 saturated carbocycles. The van der Waals surface area contributed by atoms with Crippen LogP contribution in [-0.4, -0.2) is 19.1 Å². The van der Waals surface area contributed by atoms with Gasteiger partial charge in [0.05, 0.1) is 0 Å². The van der Waals surface area contributed by atoms with E-state index in [9.17, 15) is 0 Å². The second-order valence-corrected chi connectivity index (χ2v) is 3.49. The number of nitrogens with one attached hydrogen (secondary N) is 1. The lowest BCUT2D eigenvalue weighted by Crippen LogP contribution is -2.27. The zero-order valence-electron chi connectivity index (χ0n) is 8.60. The van der Waals surface area contributed by atoms with Crippen molar-refractivity contribution >= 4 is 0 Å². The average Bonchev–Trinajstić information content (AvgIpc) is 2.09. The van der Waals surface area contributed by atoms with Crippen molar-refractivity contribution in [3.05, 3.63) is 0 Å². The maximum Gasteiger partial charge on any atom is 0.00387 e. The lowest BCUT2D eigenvalue weighted by atomic mass is 10.1. The maximum absolute atomic E-state index is 5.40. The van der Waals surface area contributed by atoms with Gasteiger partial charge in [0.1, 0.15) is 0 Å². The molecule has 2 heteroatoms. The monoisotopic (exact) mass is 172 g/mol. The van der Waals surface area contributed by atoms with Crippen LogP contribution in [0.2, 0.25) is 0 Å². The minimum absolute atomic E-state index is 0.683. The lowest BCUT2D eigenvalue weighted by Gasteiger charge is -2.12.